The largest absolute Gasteiger partial charge is 0.345 e. The summed E-state index contributed by atoms with van der Waals surface area (Å²) in [6.07, 6.45) is 3.04. The van der Waals surface area contributed by atoms with E-state index >= 15 is 0 Å². The van der Waals surface area contributed by atoms with Crippen molar-refractivity contribution < 1.29 is 9.18 Å². The molecule has 0 saturated carbocycles. The van der Waals surface area contributed by atoms with Crippen molar-refractivity contribution in [2.24, 2.45) is 7.05 Å². The molecule has 2 heterocycles. The van der Waals surface area contributed by atoms with E-state index in [4.69, 9.17) is 0 Å². The van der Waals surface area contributed by atoms with Gasteiger partial charge in [0.2, 0.25) is 5.95 Å². The van der Waals surface area contributed by atoms with Crippen LogP contribution >= 0.6 is 15.9 Å². The van der Waals surface area contributed by atoms with Crippen molar-refractivity contribution in [3.8, 4) is 0 Å². The second kappa shape index (κ2) is 4.67. The van der Waals surface area contributed by atoms with Crippen LogP contribution in [0.15, 0.2) is 35.1 Å². The van der Waals surface area contributed by atoms with Gasteiger partial charge in [0, 0.05) is 17.7 Å². The molecule has 0 radical (unpaired) electrons. The van der Waals surface area contributed by atoms with Crippen LogP contribution in [0.5, 0.6) is 0 Å². The van der Waals surface area contributed by atoms with Gasteiger partial charge in [-0.05, 0) is 34.1 Å². The molecule has 0 bridgehead atoms. The Morgan fingerprint density at radius 2 is 2.29 bits per heavy atom. The topological polar surface area (TPSA) is 46.9 Å². The molecule has 17 heavy (non-hydrogen) atoms. The number of aryl methyl sites for hydroxylation is 1. The summed E-state index contributed by atoms with van der Waals surface area (Å²) in [5.41, 5.74) is 0.954. The summed E-state index contributed by atoms with van der Waals surface area (Å²) in [5.74, 6) is -0.851. The highest BCUT2D eigenvalue weighted by Gasteiger charge is 2.11. The van der Waals surface area contributed by atoms with Crippen molar-refractivity contribution >= 4 is 27.5 Å². The van der Waals surface area contributed by atoms with Gasteiger partial charge in [-0.2, -0.15) is 4.39 Å². The molecular weight excluding hydrogens is 289 g/mol. The summed E-state index contributed by atoms with van der Waals surface area (Å²) in [7, 11) is 1.77. The summed E-state index contributed by atoms with van der Waals surface area (Å²) in [6.45, 7) is 0. The van der Waals surface area contributed by atoms with E-state index in [-0.39, 0.29) is 5.91 Å². The highest BCUT2D eigenvalue weighted by Crippen LogP contribution is 2.15. The fourth-order valence-corrected chi connectivity index (χ4v) is 1.92. The zero-order valence-electron chi connectivity index (χ0n) is 8.95. The summed E-state index contributed by atoms with van der Waals surface area (Å²) in [5, 5.41) is 2.63. The van der Waals surface area contributed by atoms with E-state index < -0.39 is 5.95 Å². The standard InChI is InChI=1S/C11H9BrFN3O/c1-16-6-7(12)4-9(16)11(17)15-8-2-3-10(13)14-5-8/h2-6H,1H3,(H,15,17). The fourth-order valence-electron chi connectivity index (χ4n) is 1.39. The summed E-state index contributed by atoms with van der Waals surface area (Å²) >= 11 is 3.28. The maximum atomic E-state index is 12.6. The van der Waals surface area contributed by atoms with Gasteiger partial charge in [-0.25, -0.2) is 4.98 Å². The van der Waals surface area contributed by atoms with Crippen LogP contribution in [-0.2, 0) is 7.05 Å². The van der Waals surface area contributed by atoms with Crippen molar-refractivity contribution in [3.63, 3.8) is 0 Å². The number of nitrogens with zero attached hydrogens (tertiary/aromatic N) is 2. The van der Waals surface area contributed by atoms with Crippen LogP contribution < -0.4 is 5.32 Å². The summed E-state index contributed by atoms with van der Waals surface area (Å²) in [4.78, 5) is 15.3. The molecule has 1 amide bonds. The number of rotatable bonds is 2. The predicted molar refractivity (Wildman–Crippen MR) is 65.3 cm³/mol. The van der Waals surface area contributed by atoms with Crippen LogP contribution in [0.3, 0.4) is 0 Å². The number of amides is 1. The molecule has 4 nitrogen and oxygen atoms in total. The number of pyridine rings is 1. The SMILES string of the molecule is Cn1cc(Br)cc1C(=O)Nc1ccc(F)nc1. The van der Waals surface area contributed by atoms with Gasteiger partial charge in [-0.1, -0.05) is 0 Å². The molecule has 0 aliphatic rings. The Hall–Kier alpha value is -1.69. The quantitative estimate of drug-likeness (QED) is 0.866. The van der Waals surface area contributed by atoms with Crippen molar-refractivity contribution in [2.45, 2.75) is 0 Å². The van der Waals surface area contributed by atoms with E-state index in [9.17, 15) is 9.18 Å². The first-order chi connectivity index (χ1) is 8.06. The Kier molecular flexibility index (Phi) is 3.23. The third kappa shape index (κ3) is 2.71. The number of hydrogen-bond donors (Lipinski definition) is 1. The maximum absolute atomic E-state index is 12.6. The van der Waals surface area contributed by atoms with Crippen LogP contribution in [-0.4, -0.2) is 15.5 Å². The second-order valence-corrected chi connectivity index (χ2v) is 4.39. The van der Waals surface area contributed by atoms with E-state index in [1.165, 1.54) is 18.3 Å². The van der Waals surface area contributed by atoms with Gasteiger partial charge < -0.3 is 9.88 Å². The Labute approximate surface area is 106 Å². The van der Waals surface area contributed by atoms with Crippen molar-refractivity contribution in [1.82, 2.24) is 9.55 Å². The first kappa shape index (κ1) is 11.8. The average molecular weight is 298 g/mol. The zero-order valence-corrected chi connectivity index (χ0v) is 10.5. The highest BCUT2D eigenvalue weighted by atomic mass is 79.9. The first-order valence-electron chi connectivity index (χ1n) is 4.81. The van der Waals surface area contributed by atoms with Gasteiger partial charge in [0.05, 0.1) is 11.9 Å². The van der Waals surface area contributed by atoms with Crippen molar-refractivity contribution in [2.75, 3.05) is 5.32 Å². The second-order valence-electron chi connectivity index (χ2n) is 3.48. The molecule has 0 saturated heterocycles. The van der Waals surface area contributed by atoms with Gasteiger partial charge in [0.15, 0.2) is 0 Å². The van der Waals surface area contributed by atoms with E-state index in [1.54, 1.807) is 23.9 Å². The van der Waals surface area contributed by atoms with Gasteiger partial charge >= 0.3 is 0 Å². The Morgan fingerprint density at radius 1 is 1.53 bits per heavy atom. The Bertz CT molecular complexity index is 550. The molecule has 0 aliphatic heterocycles. The number of anilines is 1. The first-order valence-corrected chi connectivity index (χ1v) is 5.60. The number of hydrogen-bond acceptors (Lipinski definition) is 2. The summed E-state index contributed by atoms with van der Waals surface area (Å²) in [6, 6.07) is 4.35. The molecule has 0 spiro atoms. The van der Waals surface area contributed by atoms with Gasteiger partial charge in [-0.3, -0.25) is 4.79 Å². The molecule has 0 aromatic carbocycles. The third-order valence-corrected chi connectivity index (χ3v) is 2.62. The van der Waals surface area contributed by atoms with Crippen molar-refractivity contribution in [3.05, 3.63) is 46.7 Å². The monoisotopic (exact) mass is 297 g/mol. The minimum Gasteiger partial charge on any atom is -0.345 e. The number of halogens is 2. The molecule has 2 rings (SSSR count). The minimum atomic E-state index is -0.579. The lowest BCUT2D eigenvalue weighted by Gasteiger charge is -2.05. The van der Waals surface area contributed by atoms with Gasteiger partial charge in [0.25, 0.3) is 5.91 Å². The third-order valence-electron chi connectivity index (χ3n) is 2.19. The molecule has 0 atom stereocenters. The molecular formula is C11H9BrFN3O. The predicted octanol–water partition coefficient (Wildman–Crippen LogP) is 2.57. The molecule has 0 aliphatic carbocycles. The molecule has 6 heteroatoms. The lowest BCUT2D eigenvalue weighted by Crippen LogP contribution is -2.15. The Morgan fingerprint density at radius 3 is 2.82 bits per heavy atom. The van der Waals surface area contributed by atoms with Gasteiger partial charge in [0.1, 0.15) is 5.69 Å². The normalized spacial score (nSPS) is 10.3. The smallest absolute Gasteiger partial charge is 0.272 e. The van der Waals surface area contributed by atoms with E-state index in [1.807, 2.05) is 0 Å². The zero-order chi connectivity index (χ0) is 12.4. The molecule has 2 aromatic heterocycles. The molecule has 0 fully saturated rings. The minimum absolute atomic E-state index is 0.272. The van der Waals surface area contributed by atoms with E-state index in [2.05, 4.69) is 26.2 Å². The van der Waals surface area contributed by atoms with Crippen LogP contribution in [0.4, 0.5) is 10.1 Å². The van der Waals surface area contributed by atoms with Gasteiger partial charge in [-0.15, -0.1) is 0 Å². The lowest BCUT2D eigenvalue weighted by atomic mass is 10.3. The molecule has 88 valence electrons. The van der Waals surface area contributed by atoms with Crippen LogP contribution in [0.1, 0.15) is 10.5 Å². The van der Waals surface area contributed by atoms with E-state index in [0.717, 1.165) is 4.47 Å². The number of carbonyl (C=O) groups excluding carboxylic acids is 1. The number of aromatic nitrogens is 2. The summed E-state index contributed by atoms with van der Waals surface area (Å²) < 4.78 is 15.1. The van der Waals surface area contributed by atoms with Crippen LogP contribution in [0.25, 0.3) is 0 Å². The van der Waals surface area contributed by atoms with Crippen LogP contribution in [0, 0.1) is 5.95 Å². The lowest BCUT2D eigenvalue weighted by molar-refractivity contribution is 0.101. The number of nitrogens with one attached hydrogen (secondary N) is 1. The van der Waals surface area contributed by atoms with E-state index in [0.29, 0.717) is 11.4 Å². The van der Waals surface area contributed by atoms with Crippen LogP contribution in [0.2, 0.25) is 0 Å². The highest BCUT2D eigenvalue weighted by molar-refractivity contribution is 9.10. The molecule has 0 unspecified atom stereocenters. The number of carbonyl (C=O) groups is 1. The molecule has 1 N–H and O–H groups in total. The average Bonchev–Trinajstić information content (AvgIpc) is 2.61. The fraction of sp³-hybridized carbons (Fsp3) is 0.0909. The maximum Gasteiger partial charge on any atom is 0.272 e. The molecule has 2 aromatic rings. The van der Waals surface area contributed by atoms with Crippen molar-refractivity contribution in [1.29, 1.82) is 0 Å². The Balaban J connectivity index is 2.17.